The number of nitrogens with two attached hydrogens (primary N) is 1. The van der Waals surface area contributed by atoms with Crippen LogP contribution in [0, 0.1) is 11.8 Å². The Bertz CT molecular complexity index is 612. The topological polar surface area (TPSA) is 63.4 Å². The molecule has 0 radical (unpaired) electrons. The van der Waals surface area contributed by atoms with Gasteiger partial charge in [0.05, 0.1) is 18.1 Å². The van der Waals surface area contributed by atoms with Crippen molar-refractivity contribution in [1.29, 1.82) is 0 Å². The summed E-state index contributed by atoms with van der Waals surface area (Å²) in [5.74, 6) is 6.33. The molecule has 20 heavy (non-hydrogen) atoms. The van der Waals surface area contributed by atoms with Crippen LogP contribution in [-0.2, 0) is 16.4 Å². The summed E-state index contributed by atoms with van der Waals surface area (Å²) in [5.41, 5.74) is 7.47. The molecular weight excluding hydrogens is 272 g/mol. The highest BCUT2D eigenvalue weighted by molar-refractivity contribution is 7.91. The van der Waals surface area contributed by atoms with E-state index < -0.39 is 9.84 Å². The quantitative estimate of drug-likeness (QED) is 0.812. The number of sulfone groups is 1. The third-order valence-electron chi connectivity index (χ3n) is 3.48. The summed E-state index contributed by atoms with van der Waals surface area (Å²) in [4.78, 5) is 2.21. The Balaban J connectivity index is 2.00. The van der Waals surface area contributed by atoms with Crippen molar-refractivity contribution >= 4 is 9.84 Å². The lowest BCUT2D eigenvalue weighted by Gasteiger charge is -2.33. The van der Waals surface area contributed by atoms with E-state index in [1.165, 1.54) is 5.56 Å². The first-order valence-corrected chi connectivity index (χ1v) is 8.55. The van der Waals surface area contributed by atoms with Gasteiger partial charge in [-0.2, -0.15) is 0 Å². The van der Waals surface area contributed by atoms with Gasteiger partial charge in [0, 0.05) is 24.7 Å². The molecule has 1 aromatic rings. The van der Waals surface area contributed by atoms with Crippen molar-refractivity contribution in [2.24, 2.45) is 5.73 Å². The van der Waals surface area contributed by atoms with Gasteiger partial charge in [0.25, 0.3) is 0 Å². The lowest BCUT2D eigenvalue weighted by atomic mass is 10.1. The molecule has 5 heteroatoms. The molecule has 2 N–H and O–H groups in total. The van der Waals surface area contributed by atoms with E-state index in [9.17, 15) is 8.42 Å². The zero-order valence-corrected chi connectivity index (χ0v) is 12.5. The minimum absolute atomic E-state index is 0.0745. The molecule has 1 aliphatic heterocycles. The van der Waals surface area contributed by atoms with Gasteiger partial charge in [-0.15, -0.1) is 0 Å². The molecule has 1 fully saturated rings. The van der Waals surface area contributed by atoms with Crippen LogP contribution in [-0.4, -0.2) is 44.0 Å². The summed E-state index contributed by atoms with van der Waals surface area (Å²) in [7, 11) is -2.85. The van der Waals surface area contributed by atoms with Crippen LogP contribution in [0.2, 0.25) is 0 Å². The van der Waals surface area contributed by atoms with Gasteiger partial charge in [-0.1, -0.05) is 24.0 Å². The van der Waals surface area contributed by atoms with E-state index in [0.717, 1.165) is 12.1 Å². The van der Waals surface area contributed by atoms with Crippen LogP contribution in [0.4, 0.5) is 0 Å². The summed E-state index contributed by atoms with van der Waals surface area (Å²) in [6.45, 7) is 3.72. The van der Waals surface area contributed by atoms with Gasteiger partial charge in [-0.3, -0.25) is 4.90 Å². The highest BCUT2D eigenvalue weighted by atomic mass is 32.2. The van der Waals surface area contributed by atoms with E-state index >= 15 is 0 Å². The van der Waals surface area contributed by atoms with Crippen molar-refractivity contribution < 1.29 is 8.42 Å². The lowest BCUT2D eigenvalue weighted by molar-refractivity contribution is 0.218. The highest BCUT2D eigenvalue weighted by Crippen LogP contribution is 2.15. The van der Waals surface area contributed by atoms with Crippen LogP contribution in [0.1, 0.15) is 18.1 Å². The Labute approximate surface area is 120 Å². The predicted octanol–water partition coefficient (Wildman–Crippen LogP) is 0.616. The second-order valence-corrected chi connectivity index (χ2v) is 7.37. The van der Waals surface area contributed by atoms with Crippen LogP contribution < -0.4 is 5.73 Å². The fourth-order valence-corrected chi connectivity index (χ4v) is 3.97. The average molecular weight is 292 g/mol. The fraction of sp³-hybridized carbons (Fsp3) is 0.467. The predicted molar refractivity (Wildman–Crippen MR) is 80.9 cm³/mol. The monoisotopic (exact) mass is 292 g/mol. The van der Waals surface area contributed by atoms with Crippen LogP contribution >= 0.6 is 0 Å². The van der Waals surface area contributed by atoms with Crippen molar-refractivity contribution in [3.8, 4) is 11.8 Å². The molecule has 2 rings (SSSR count). The zero-order valence-electron chi connectivity index (χ0n) is 11.7. The molecule has 1 aromatic carbocycles. The molecule has 0 aromatic heterocycles. The molecule has 1 heterocycles. The Hall–Kier alpha value is -1.35. The molecule has 0 amide bonds. The van der Waals surface area contributed by atoms with E-state index in [1.54, 1.807) is 0 Å². The number of hydrogen-bond acceptors (Lipinski definition) is 4. The maximum atomic E-state index is 11.6. The van der Waals surface area contributed by atoms with E-state index in [1.807, 2.05) is 31.2 Å². The third kappa shape index (κ3) is 4.07. The fourth-order valence-electron chi connectivity index (χ4n) is 2.35. The normalized spacial score (nSPS) is 22.0. The first-order valence-electron chi connectivity index (χ1n) is 6.72. The Morgan fingerprint density at radius 3 is 2.65 bits per heavy atom. The van der Waals surface area contributed by atoms with Crippen molar-refractivity contribution in [1.82, 2.24) is 4.90 Å². The Morgan fingerprint density at radius 2 is 2.05 bits per heavy atom. The first kappa shape index (κ1) is 15.0. The molecule has 1 saturated heterocycles. The second-order valence-electron chi connectivity index (χ2n) is 5.14. The molecule has 0 bridgehead atoms. The van der Waals surface area contributed by atoms with E-state index in [2.05, 4.69) is 16.7 Å². The number of rotatable bonds is 2. The van der Waals surface area contributed by atoms with Crippen molar-refractivity contribution in [3.05, 3.63) is 35.4 Å². The van der Waals surface area contributed by atoms with Gasteiger partial charge in [0.15, 0.2) is 9.84 Å². The summed E-state index contributed by atoms with van der Waals surface area (Å²) >= 11 is 0. The van der Waals surface area contributed by atoms with E-state index in [4.69, 9.17) is 5.73 Å². The summed E-state index contributed by atoms with van der Waals surface area (Å²) < 4.78 is 23.1. The van der Waals surface area contributed by atoms with Gasteiger partial charge in [0.2, 0.25) is 0 Å². The third-order valence-corrected chi connectivity index (χ3v) is 5.28. The van der Waals surface area contributed by atoms with Crippen LogP contribution in [0.3, 0.4) is 0 Å². The minimum atomic E-state index is -2.85. The molecule has 0 saturated carbocycles. The lowest BCUT2D eigenvalue weighted by Crippen LogP contribution is -2.46. The van der Waals surface area contributed by atoms with Crippen LogP contribution in [0.15, 0.2) is 24.3 Å². The molecule has 0 aliphatic carbocycles. The van der Waals surface area contributed by atoms with Crippen LogP contribution in [0.25, 0.3) is 0 Å². The van der Waals surface area contributed by atoms with E-state index in [0.29, 0.717) is 13.1 Å². The molecule has 1 unspecified atom stereocenters. The van der Waals surface area contributed by atoms with Gasteiger partial charge >= 0.3 is 0 Å². The van der Waals surface area contributed by atoms with E-state index in [-0.39, 0.29) is 17.5 Å². The summed E-state index contributed by atoms with van der Waals surface area (Å²) in [6, 6.07) is 8.10. The maximum Gasteiger partial charge on any atom is 0.153 e. The molecule has 108 valence electrons. The van der Waals surface area contributed by atoms with Crippen molar-refractivity contribution in [3.63, 3.8) is 0 Å². The van der Waals surface area contributed by atoms with Gasteiger partial charge in [0.1, 0.15) is 0 Å². The summed E-state index contributed by atoms with van der Waals surface area (Å²) in [6.07, 6.45) is 0. The molecule has 1 atom stereocenters. The minimum Gasteiger partial charge on any atom is -0.320 e. The van der Waals surface area contributed by atoms with Crippen molar-refractivity contribution in [2.75, 3.05) is 24.6 Å². The van der Waals surface area contributed by atoms with Crippen LogP contribution in [0.5, 0.6) is 0 Å². The number of benzene rings is 1. The second kappa shape index (κ2) is 6.40. The van der Waals surface area contributed by atoms with Crippen molar-refractivity contribution in [2.45, 2.75) is 19.5 Å². The molecule has 1 aliphatic rings. The molecule has 0 spiro atoms. The molecular formula is C15H20N2O2S. The standard InChI is InChI=1S/C15H20N2O2S/c1-13-12-20(18,19)10-9-17(13)11-15-6-4-14(5-7-15)3-2-8-16/h4-7,13H,8-12,16H2,1H3. The summed E-state index contributed by atoms with van der Waals surface area (Å²) in [5, 5.41) is 0. The highest BCUT2D eigenvalue weighted by Gasteiger charge is 2.27. The smallest absolute Gasteiger partial charge is 0.153 e. The first-order chi connectivity index (χ1) is 9.50. The average Bonchev–Trinajstić information content (AvgIpc) is 2.40. The zero-order chi connectivity index (χ0) is 14.6. The SMILES string of the molecule is CC1CS(=O)(=O)CCN1Cc1ccc(C#CCN)cc1. The molecule has 4 nitrogen and oxygen atoms in total. The van der Waals surface area contributed by atoms with Gasteiger partial charge < -0.3 is 5.73 Å². The number of hydrogen-bond donors (Lipinski definition) is 1. The van der Waals surface area contributed by atoms with Gasteiger partial charge in [-0.05, 0) is 24.6 Å². The van der Waals surface area contributed by atoms with Gasteiger partial charge in [-0.25, -0.2) is 8.42 Å². The largest absolute Gasteiger partial charge is 0.320 e. The Morgan fingerprint density at radius 1 is 1.35 bits per heavy atom. The number of nitrogens with zero attached hydrogens (tertiary/aromatic N) is 1. The maximum absolute atomic E-state index is 11.6. The Kier molecular flexibility index (Phi) is 4.81.